The van der Waals surface area contributed by atoms with Crippen LogP contribution in [0.25, 0.3) is 11.0 Å². The molecule has 1 aromatic heterocycles. The van der Waals surface area contributed by atoms with Crippen LogP contribution >= 0.6 is 0 Å². The van der Waals surface area contributed by atoms with Crippen molar-refractivity contribution < 1.29 is 9.90 Å². The summed E-state index contributed by atoms with van der Waals surface area (Å²) in [5.74, 6) is 0.583. The van der Waals surface area contributed by atoms with Gasteiger partial charge in [0.2, 0.25) is 11.9 Å². The molecular weight excluding hydrogens is 316 g/mol. The molecule has 0 unspecified atom stereocenters. The van der Waals surface area contributed by atoms with Gasteiger partial charge in [-0.2, -0.15) is 0 Å². The number of nitrogens with two attached hydrogens (primary N) is 1. The Kier molecular flexibility index (Phi) is 5.72. The molecule has 6 nitrogen and oxygen atoms in total. The van der Waals surface area contributed by atoms with E-state index in [4.69, 9.17) is 5.73 Å². The van der Waals surface area contributed by atoms with Gasteiger partial charge in [-0.3, -0.25) is 4.79 Å². The van der Waals surface area contributed by atoms with Gasteiger partial charge < -0.3 is 20.3 Å². The highest BCUT2D eigenvalue weighted by molar-refractivity contribution is 5.96. The number of amides is 1. The lowest BCUT2D eigenvalue weighted by Crippen LogP contribution is -2.32. The summed E-state index contributed by atoms with van der Waals surface area (Å²) in [6.07, 6.45) is 2.25. The zero-order chi connectivity index (χ0) is 18.8. The first kappa shape index (κ1) is 19.2. The van der Waals surface area contributed by atoms with Crippen molar-refractivity contribution in [2.45, 2.75) is 59.1 Å². The van der Waals surface area contributed by atoms with Crippen molar-refractivity contribution in [3.05, 3.63) is 18.2 Å². The fraction of sp³-hybridized carbons (Fsp3) is 0.579. The molecule has 0 fully saturated rings. The summed E-state index contributed by atoms with van der Waals surface area (Å²) in [5.41, 5.74) is 7.78. The van der Waals surface area contributed by atoms with Gasteiger partial charge in [0, 0.05) is 25.2 Å². The molecule has 0 radical (unpaired) electrons. The zero-order valence-electron chi connectivity index (χ0n) is 15.9. The summed E-state index contributed by atoms with van der Waals surface area (Å²) in [5, 5.41) is 9.94. The number of aliphatic hydroxyl groups is 1. The highest BCUT2D eigenvalue weighted by atomic mass is 16.3. The van der Waals surface area contributed by atoms with Crippen molar-refractivity contribution >= 4 is 28.6 Å². The Balaban J connectivity index is 2.30. The molecule has 0 aliphatic rings. The SMILES string of the molecule is CCC(CC)C(=O)N(C)c1ccc2c(c1)nc(N)n2CCC(C)(C)O. The molecule has 0 saturated heterocycles. The van der Waals surface area contributed by atoms with E-state index in [2.05, 4.69) is 4.98 Å². The molecule has 1 heterocycles. The molecule has 1 amide bonds. The summed E-state index contributed by atoms with van der Waals surface area (Å²) in [6, 6.07) is 5.76. The second-order valence-corrected chi connectivity index (χ2v) is 7.27. The van der Waals surface area contributed by atoms with Crippen LogP contribution in [-0.2, 0) is 11.3 Å². The maximum Gasteiger partial charge on any atom is 0.229 e. The largest absolute Gasteiger partial charge is 0.390 e. The molecule has 3 N–H and O–H groups in total. The van der Waals surface area contributed by atoms with Crippen LogP contribution in [0.2, 0.25) is 0 Å². The van der Waals surface area contributed by atoms with E-state index in [1.54, 1.807) is 25.8 Å². The van der Waals surface area contributed by atoms with Gasteiger partial charge in [0.15, 0.2) is 0 Å². The first-order valence-electron chi connectivity index (χ1n) is 8.93. The van der Waals surface area contributed by atoms with E-state index in [1.165, 1.54) is 0 Å². The Morgan fingerprint density at radius 3 is 2.56 bits per heavy atom. The van der Waals surface area contributed by atoms with Crippen LogP contribution in [0.3, 0.4) is 0 Å². The second kappa shape index (κ2) is 7.44. The molecule has 6 heteroatoms. The maximum absolute atomic E-state index is 12.6. The minimum atomic E-state index is -0.759. The van der Waals surface area contributed by atoms with Gasteiger partial charge in [0.05, 0.1) is 16.6 Å². The number of carbonyl (C=O) groups excluding carboxylic acids is 1. The molecule has 0 atom stereocenters. The Hall–Kier alpha value is -2.08. The number of hydrogen-bond acceptors (Lipinski definition) is 4. The van der Waals surface area contributed by atoms with Crippen LogP contribution in [0.5, 0.6) is 0 Å². The first-order valence-corrected chi connectivity index (χ1v) is 8.93. The normalized spacial score (nSPS) is 12.1. The predicted molar refractivity (Wildman–Crippen MR) is 103 cm³/mol. The molecule has 2 rings (SSSR count). The summed E-state index contributed by atoms with van der Waals surface area (Å²) in [7, 11) is 1.80. The van der Waals surface area contributed by atoms with E-state index >= 15 is 0 Å². The third-order valence-electron chi connectivity index (χ3n) is 4.76. The minimum Gasteiger partial charge on any atom is -0.390 e. The van der Waals surface area contributed by atoms with Gasteiger partial charge >= 0.3 is 0 Å². The minimum absolute atomic E-state index is 0.0371. The van der Waals surface area contributed by atoms with Crippen molar-refractivity contribution in [3.63, 3.8) is 0 Å². The molecule has 0 aliphatic heterocycles. The molecule has 0 saturated carbocycles. The van der Waals surface area contributed by atoms with Gasteiger partial charge in [0.1, 0.15) is 0 Å². The first-order chi connectivity index (χ1) is 11.7. The lowest BCUT2D eigenvalue weighted by molar-refractivity contribution is -0.122. The summed E-state index contributed by atoms with van der Waals surface area (Å²) >= 11 is 0. The number of imidazole rings is 1. The van der Waals surface area contributed by atoms with E-state index in [1.807, 2.05) is 36.6 Å². The number of benzene rings is 1. The van der Waals surface area contributed by atoms with Gasteiger partial charge in [-0.15, -0.1) is 0 Å². The lowest BCUT2D eigenvalue weighted by Gasteiger charge is -2.22. The Morgan fingerprint density at radius 2 is 2.00 bits per heavy atom. The maximum atomic E-state index is 12.6. The van der Waals surface area contributed by atoms with Crippen molar-refractivity contribution in [1.82, 2.24) is 9.55 Å². The smallest absolute Gasteiger partial charge is 0.229 e. The second-order valence-electron chi connectivity index (χ2n) is 7.27. The molecular formula is C19H30N4O2. The summed E-state index contributed by atoms with van der Waals surface area (Å²) < 4.78 is 1.90. The monoisotopic (exact) mass is 346 g/mol. The van der Waals surface area contributed by atoms with Crippen molar-refractivity contribution in [3.8, 4) is 0 Å². The Morgan fingerprint density at radius 1 is 1.36 bits per heavy atom. The van der Waals surface area contributed by atoms with Crippen LogP contribution in [0.4, 0.5) is 11.6 Å². The van der Waals surface area contributed by atoms with E-state index in [0.29, 0.717) is 18.9 Å². The topological polar surface area (TPSA) is 84.4 Å². The molecule has 2 aromatic rings. The van der Waals surface area contributed by atoms with Crippen LogP contribution in [0.1, 0.15) is 47.0 Å². The number of fused-ring (bicyclic) bond motifs is 1. The zero-order valence-corrected chi connectivity index (χ0v) is 15.9. The molecule has 1 aromatic carbocycles. The van der Waals surface area contributed by atoms with E-state index in [9.17, 15) is 9.90 Å². The van der Waals surface area contributed by atoms with Crippen molar-refractivity contribution in [1.29, 1.82) is 0 Å². The molecule has 0 bridgehead atoms. The Labute approximate surface area is 149 Å². The average Bonchev–Trinajstić information content (AvgIpc) is 2.86. The fourth-order valence-electron chi connectivity index (χ4n) is 3.00. The van der Waals surface area contributed by atoms with Gasteiger partial charge in [0.25, 0.3) is 0 Å². The third-order valence-corrected chi connectivity index (χ3v) is 4.76. The quantitative estimate of drug-likeness (QED) is 0.806. The predicted octanol–water partition coefficient (Wildman–Crippen LogP) is 3.18. The van der Waals surface area contributed by atoms with Crippen LogP contribution in [0, 0.1) is 5.92 Å². The number of aryl methyl sites for hydroxylation is 1. The standard InChI is InChI=1S/C19H30N4O2/c1-6-13(7-2)17(24)22(5)14-8-9-16-15(12-14)21-18(20)23(16)11-10-19(3,4)25/h8-9,12-13,25H,6-7,10-11H2,1-5H3,(H2,20,21). The number of aromatic nitrogens is 2. The number of nitrogen functional groups attached to an aromatic ring is 1. The Bertz CT molecular complexity index is 742. The fourth-order valence-corrected chi connectivity index (χ4v) is 3.00. The van der Waals surface area contributed by atoms with E-state index in [0.717, 1.165) is 29.6 Å². The number of hydrogen-bond donors (Lipinski definition) is 2. The van der Waals surface area contributed by atoms with Crippen LogP contribution in [-0.4, -0.2) is 33.2 Å². The highest BCUT2D eigenvalue weighted by Crippen LogP contribution is 2.26. The van der Waals surface area contributed by atoms with Crippen molar-refractivity contribution in [2.24, 2.45) is 5.92 Å². The number of nitrogens with zero attached hydrogens (tertiary/aromatic N) is 3. The molecule has 0 aliphatic carbocycles. The highest BCUT2D eigenvalue weighted by Gasteiger charge is 2.21. The molecule has 0 spiro atoms. The average molecular weight is 346 g/mol. The number of rotatable bonds is 7. The van der Waals surface area contributed by atoms with Gasteiger partial charge in [-0.05, 0) is 51.3 Å². The summed E-state index contributed by atoms with van der Waals surface area (Å²) in [6.45, 7) is 8.22. The number of anilines is 2. The van der Waals surface area contributed by atoms with Crippen LogP contribution < -0.4 is 10.6 Å². The van der Waals surface area contributed by atoms with Gasteiger partial charge in [-0.1, -0.05) is 13.8 Å². The summed E-state index contributed by atoms with van der Waals surface area (Å²) in [4.78, 5) is 18.7. The van der Waals surface area contributed by atoms with E-state index < -0.39 is 5.60 Å². The lowest BCUT2D eigenvalue weighted by atomic mass is 10.0. The number of carbonyl (C=O) groups is 1. The van der Waals surface area contributed by atoms with E-state index in [-0.39, 0.29) is 11.8 Å². The molecule has 138 valence electrons. The molecule has 25 heavy (non-hydrogen) atoms. The van der Waals surface area contributed by atoms with Crippen molar-refractivity contribution in [2.75, 3.05) is 17.7 Å². The third kappa shape index (κ3) is 4.31. The van der Waals surface area contributed by atoms with Gasteiger partial charge in [-0.25, -0.2) is 4.98 Å². The van der Waals surface area contributed by atoms with Crippen LogP contribution in [0.15, 0.2) is 18.2 Å².